The Morgan fingerprint density at radius 1 is 1.09 bits per heavy atom. The maximum Gasteiger partial charge on any atom is 0.244 e. The van der Waals surface area contributed by atoms with Crippen molar-refractivity contribution in [3.05, 3.63) is 41.8 Å². The Bertz CT molecular complexity index is 571. The molecule has 0 amide bonds. The van der Waals surface area contributed by atoms with Crippen LogP contribution in [0.2, 0.25) is 0 Å². The van der Waals surface area contributed by atoms with E-state index >= 15 is 0 Å². The molecule has 0 saturated carbocycles. The summed E-state index contributed by atoms with van der Waals surface area (Å²) < 4.78 is 12.8. The van der Waals surface area contributed by atoms with Crippen LogP contribution in [-0.4, -0.2) is 28.3 Å². The van der Waals surface area contributed by atoms with Crippen LogP contribution in [0.15, 0.2) is 30.5 Å². The molecule has 118 valence electrons. The van der Waals surface area contributed by atoms with Gasteiger partial charge < -0.3 is 10.6 Å². The highest BCUT2D eigenvalue weighted by Crippen LogP contribution is 2.07. The Morgan fingerprint density at radius 3 is 2.59 bits per heavy atom. The number of benzene rings is 1. The minimum Gasteiger partial charge on any atom is -0.369 e. The number of nitrogens with one attached hydrogen (secondary N) is 2. The second kappa shape index (κ2) is 8.26. The lowest BCUT2D eigenvalue weighted by Gasteiger charge is -2.08. The van der Waals surface area contributed by atoms with E-state index in [9.17, 15) is 4.39 Å². The highest BCUT2D eigenvalue weighted by molar-refractivity contribution is 5.36. The molecule has 22 heavy (non-hydrogen) atoms. The van der Waals surface area contributed by atoms with Gasteiger partial charge in [-0.3, -0.25) is 0 Å². The van der Waals surface area contributed by atoms with E-state index in [2.05, 4.69) is 39.7 Å². The van der Waals surface area contributed by atoms with Crippen LogP contribution in [0.4, 0.5) is 16.2 Å². The molecule has 0 spiro atoms. The normalized spacial score (nSPS) is 10.7. The van der Waals surface area contributed by atoms with E-state index in [0.29, 0.717) is 18.4 Å². The third kappa shape index (κ3) is 5.63. The van der Waals surface area contributed by atoms with Gasteiger partial charge in [0.25, 0.3) is 0 Å². The quantitative estimate of drug-likeness (QED) is 0.784. The second-order valence-corrected chi connectivity index (χ2v) is 5.58. The van der Waals surface area contributed by atoms with Gasteiger partial charge in [0.1, 0.15) is 11.6 Å². The molecular weight excluding hydrogens is 281 g/mol. The molecule has 2 N–H and O–H groups in total. The van der Waals surface area contributed by atoms with Crippen molar-refractivity contribution in [2.24, 2.45) is 5.92 Å². The molecule has 0 unspecified atom stereocenters. The van der Waals surface area contributed by atoms with Gasteiger partial charge in [-0.2, -0.15) is 10.1 Å². The molecule has 0 fully saturated rings. The van der Waals surface area contributed by atoms with Gasteiger partial charge in [0.15, 0.2) is 0 Å². The first-order valence-corrected chi connectivity index (χ1v) is 7.55. The standard InChI is InChI=1S/C16H22FN5/c1-12(2)7-9-18-15-11-20-22-16(21-15)19-10-8-13-3-5-14(17)6-4-13/h3-6,11-12H,7-10H2,1-2H3,(H2,18,19,21,22). The van der Waals surface area contributed by atoms with E-state index in [-0.39, 0.29) is 5.82 Å². The molecule has 0 radical (unpaired) electrons. The Balaban J connectivity index is 1.78. The van der Waals surface area contributed by atoms with E-state index in [1.54, 1.807) is 18.3 Å². The Morgan fingerprint density at radius 2 is 1.86 bits per heavy atom. The number of anilines is 2. The van der Waals surface area contributed by atoms with Crippen molar-refractivity contribution in [1.82, 2.24) is 15.2 Å². The van der Waals surface area contributed by atoms with Crippen molar-refractivity contribution in [1.29, 1.82) is 0 Å². The molecule has 5 nitrogen and oxygen atoms in total. The van der Waals surface area contributed by atoms with Gasteiger partial charge in [0, 0.05) is 13.1 Å². The van der Waals surface area contributed by atoms with Crippen LogP contribution >= 0.6 is 0 Å². The highest BCUT2D eigenvalue weighted by Gasteiger charge is 2.01. The molecular formula is C16H22FN5. The molecule has 1 heterocycles. The molecule has 0 aliphatic rings. The Hall–Kier alpha value is -2.24. The summed E-state index contributed by atoms with van der Waals surface area (Å²) in [5.74, 6) is 1.65. The van der Waals surface area contributed by atoms with Gasteiger partial charge >= 0.3 is 0 Å². The monoisotopic (exact) mass is 303 g/mol. The molecule has 1 aromatic carbocycles. The molecule has 0 aliphatic heterocycles. The van der Waals surface area contributed by atoms with Crippen molar-refractivity contribution in [2.45, 2.75) is 26.7 Å². The van der Waals surface area contributed by atoms with Crippen molar-refractivity contribution >= 4 is 11.8 Å². The fourth-order valence-corrected chi connectivity index (χ4v) is 1.92. The summed E-state index contributed by atoms with van der Waals surface area (Å²) in [7, 11) is 0. The summed E-state index contributed by atoms with van der Waals surface area (Å²) in [6.45, 7) is 5.90. The molecule has 2 rings (SSSR count). The SMILES string of the molecule is CC(C)CCNc1cnnc(NCCc2ccc(F)cc2)n1. The van der Waals surface area contributed by atoms with E-state index in [0.717, 1.165) is 30.8 Å². The zero-order valence-corrected chi connectivity index (χ0v) is 13.0. The summed E-state index contributed by atoms with van der Waals surface area (Å²) in [5.41, 5.74) is 1.06. The predicted octanol–water partition coefficient (Wildman–Crippen LogP) is 3.12. The van der Waals surface area contributed by atoms with E-state index in [1.807, 2.05) is 0 Å². The maximum atomic E-state index is 12.8. The van der Waals surface area contributed by atoms with Gasteiger partial charge in [-0.25, -0.2) is 4.39 Å². The van der Waals surface area contributed by atoms with E-state index < -0.39 is 0 Å². The number of halogens is 1. The van der Waals surface area contributed by atoms with E-state index in [4.69, 9.17) is 0 Å². The second-order valence-electron chi connectivity index (χ2n) is 5.58. The lowest BCUT2D eigenvalue weighted by Crippen LogP contribution is -2.11. The molecule has 2 aromatic rings. The first-order chi connectivity index (χ1) is 10.6. The minimum absolute atomic E-state index is 0.218. The number of hydrogen-bond acceptors (Lipinski definition) is 5. The number of hydrogen-bond donors (Lipinski definition) is 2. The maximum absolute atomic E-state index is 12.8. The average Bonchev–Trinajstić information content (AvgIpc) is 2.49. The van der Waals surface area contributed by atoms with Crippen molar-refractivity contribution in [2.75, 3.05) is 23.7 Å². The highest BCUT2D eigenvalue weighted by atomic mass is 19.1. The molecule has 6 heteroatoms. The molecule has 0 saturated heterocycles. The lowest BCUT2D eigenvalue weighted by molar-refractivity contribution is 0.606. The van der Waals surface area contributed by atoms with Crippen LogP contribution in [0.25, 0.3) is 0 Å². The van der Waals surface area contributed by atoms with Crippen molar-refractivity contribution < 1.29 is 4.39 Å². The molecule has 0 aliphatic carbocycles. The minimum atomic E-state index is -0.218. The summed E-state index contributed by atoms with van der Waals surface area (Å²) in [6, 6.07) is 6.49. The Kier molecular flexibility index (Phi) is 6.06. The number of aromatic nitrogens is 3. The van der Waals surface area contributed by atoms with Gasteiger partial charge in [-0.05, 0) is 36.5 Å². The zero-order valence-electron chi connectivity index (χ0n) is 13.0. The predicted molar refractivity (Wildman–Crippen MR) is 86.4 cm³/mol. The number of nitrogens with zero attached hydrogens (tertiary/aromatic N) is 3. The fourth-order valence-electron chi connectivity index (χ4n) is 1.92. The van der Waals surface area contributed by atoms with Crippen LogP contribution in [0.3, 0.4) is 0 Å². The lowest BCUT2D eigenvalue weighted by atomic mass is 10.1. The number of rotatable bonds is 8. The van der Waals surface area contributed by atoms with Crippen LogP contribution in [0.1, 0.15) is 25.8 Å². The molecule has 0 bridgehead atoms. The smallest absolute Gasteiger partial charge is 0.244 e. The first kappa shape index (κ1) is 16.1. The van der Waals surface area contributed by atoms with Gasteiger partial charge in [-0.1, -0.05) is 26.0 Å². The topological polar surface area (TPSA) is 62.7 Å². The fraction of sp³-hybridized carbons (Fsp3) is 0.438. The van der Waals surface area contributed by atoms with Crippen LogP contribution in [-0.2, 0) is 6.42 Å². The third-order valence-electron chi connectivity index (χ3n) is 3.20. The summed E-state index contributed by atoms with van der Waals surface area (Å²) in [6.07, 6.45) is 3.47. The Labute approximate surface area is 130 Å². The third-order valence-corrected chi connectivity index (χ3v) is 3.20. The summed E-state index contributed by atoms with van der Waals surface area (Å²) >= 11 is 0. The molecule has 0 atom stereocenters. The van der Waals surface area contributed by atoms with Crippen molar-refractivity contribution in [3.8, 4) is 0 Å². The summed E-state index contributed by atoms with van der Waals surface area (Å²) in [5, 5.41) is 14.3. The first-order valence-electron chi connectivity index (χ1n) is 7.55. The van der Waals surface area contributed by atoms with Gasteiger partial charge in [0.05, 0.1) is 6.20 Å². The summed E-state index contributed by atoms with van der Waals surface area (Å²) in [4.78, 5) is 4.36. The zero-order chi connectivity index (χ0) is 15.8. The van der Waals surface area contributed by atoms with E-state index in [1.165, 1.54) is 12.1 Å². The van der Waals surface area contributed by atoms with Crippen LogP contribution < -0.4 is 10.6 Å². The van der Waals surface area contributed by atoms with Gasteiger partial charge in [0.2, 0.25) is 5.95 Å². The van der Waals surface area contributed by atoms with Crippen LogP contribution in [0, 0.1) is 11.7 Å². The van der Waals surface area contributed by atoms with Crippen molar-refractivity contribution in [3.63, 3.8) is 0 Å². The average molecular weight is 303 g/mol. The van der Waals surface area contributed by atoms with Gasteiger partial charge in [-0.15, -0.1) is 5.10 Å². The molecule has 1 aromatic heterocycles. The largest absolute Gasteiger partial charge is 0.369 e. The van der Waals surface area contributed by atoms with Crippen LogP contribution in [0.5, 0.6) is 0 Å².